The lowest BCUT2D eigenvalue weighted by atomic mass is 9.80. The van der Waals surface area contributed by atoms with Gasteiger partial charge in [0.25, 0.3) is 0 Å². The van der Waals surface area contributed by atoms with Gasteiger partial charge < -0.3 is 14.6 Å². The summed E-state index contributed by atoms with van der Waals surface area (Å²) in [5, 5.41) is 10.6. The second kappa shape index (κ2) is 10.5. The monoisotopic (exact) mass is 396 g/mol. The van der Waals surface area contributed by atoms with Gasteiger partial charge in [-0.15, -0.1) is 0 Å². The van der Waals surface area contributed by atoms with Gasteiger partial charge >= 0.3 is 5.97 Å². The Balaban J connectivity index is 1.90. The van der Waals surface area contributed by atoms with E-state index in [-0.39, 0.29) is 29.3 Å². The van der Waals surface area contributed by atoms with Crippen LogP contribution in [-0.4, -0.2) is 42.7 Å². The zero-order chi connectivity index (χ0) is 20.7. The van der Waals surface area contributed by atoms with Gasteiger partial charge in [0.1, 0.15) is 12.3 Å². The van der Waals surface area contributed by atoms with E-state index in [1.54, 1.807) is 12.2 Å². The second-order valence-corrected chi connectivity index (χ2v) is 8.87. The van der Waals surface area contributed by atoms with Crippen LogP contribution < -0.4 is 0 Å². The zero-order valence-electron chi connectivity index (χ0n) is 17.8. The molecular formula is C23H37FO4. The molecule has 1 heterocycles. The van der Waals surface area contributed by atoms with Crippen LogP contribution in [-0.2, 0) is 14.3 Å². The van der Waals surface area contributed by atoms with Crippen molar-refractivity contribution in [3.05, 3.63) is 24.3 Å². The largest absolute Gasteiger partial charge is 0.469 e. The molecule has 5 heteroatoms. The molecule has 0 amide bonds. The molecule has 2 fully saturated rings. The number of unbranched alkanes of at least 4 members (excludes halogenated alkanes) is 1. The molecular weight excluding hydrogens is 359 g/mol. The average Bonchev–Trinajstić information content (AvgIpc) is 3.21. The third kappa shape index (κ3) is 5.90. The average molecular weight is 397 g/mol. The minimum Gasteiger partial charge on any atom is -0.469 e. The summed E-state index contributed by atoms with van der Waals surface area (Å²) < 4.78 is 25.5. The van der Waals surface area contributed by atoms with Crippen molar-refractivity contribution in [1.29, 1.82) is 0 Å². The van der Waals surface area contributed by atoms with Gasteiger partial charge in [-0.1, -0.05) is 57.9 Å². The van der Waals surface area contributed by atoms with Crippen molar-refractivity contribution in [3.63, 3.8) is 0 Å². The Morgan fingerprint density at radius 3 is 2.79 bits per heavy atom. The fourth-order valence-electron chi connectivity index (χ4n) is 4.31. The number of carbonyl (C=O) groups is 1. The summed E-state index contributed by atoms with van der Waals surface area (Å²) >= 11 is 0. The maximum atomic E-state index is 15.0. The van der Waals surface area contributed by atoms with Crippen LogP contribution >= 0.6 is 0 Å². The number of esters is 1. The van der Waals surface area contributed by atoms with Gasteiger partial charge in [0, 0.05) is 12.3 Å². The van der Waals surface area contributed by atoms with E-state index in [9.17, 15) is 9.90 Å². The number of hydrogen-bond acceptors (Lipinski definition) is 4. The predicted molar refractivity (Wildman–Crippen MR) is 109 cm³/mol. The fourth-order valence-corrected chi connectivity index (χ4v) is 4.31. The number of aliphatic hydroxyl groups is 1. The molecule has 0 aromatic rings. The van der Waals surface area contributed by atoms with E-state index in [1.807, 2.05) is 12.2 Å². The fraction of sp³-hybridized carbons (Fsp3) is 0.783. The highest BCUT2D eigenvalue weighted by molar-refractivity contribution is 5.69. The standard InChI is InChI=1S/C23H37FO4/c1-5-6-15-23(2,3)19(25)14-12-16-11-13-17-21(16)22(24)18(28-17)9-7-8-10-20(26)27-4/h7,9,12,14,16-19,21-22,25H,5-6,8,10-11,13,15H2,1-4H3/t16-,17-,18-,19-,21-,22-/m1/s1. The van der Waals surface area contributed by atoms with Gasteiger partial charge in [-0.3, -0.25) is 4.79 Å². The van der Waals surface area contributed by atoms with Gasteiger partial charge in [0.05, 0.1) is 19.3 Å². The lowest BCUT2D eigenvalue weighted by molar-refractivity contribution is -0.140. The van der Waals surface area contributed by atoms with Crippen LogP contribution in [0.2, 0.25) is 0 Å². The highest BCUT2D eigenvalue weighted by atomic mass is 19.1. The van der Waals surface area contributed by atoms with Gasteiger partial charge in [-0.2, -0.15) is 0 Å². The summed E-state index contributed by atoms with van der Waals surface area (Å²) in [4.78, 5) is 11.1. The number of rotatable bonds is 10. The third-order valence-corrected chi connectivity index (χ3v) is 6.31. The van der Waals surface area contributed by atoms with E-state index in [4.69, 9.17) is 4.74 Å². The van der Waals surface area contributed by atoms with Crippen LogP contribution in [0.3, 0.4) is 0 Å². The molecule has 2 aliphatic rings. The Morgan fingerprint density at radius 2 is 2.11 bits per heavy atom. The molecule has 1 N–H and O–H groups in total. The summed E-state index contributed by atoms with van der Waals surface area (Å²) in [6, 6.07) is 0. The molecule has 0 unspecified atom stereocenters. The van der Waals surface area contributed by atoms with Crippen LogP contribution in [0.25, 0.3) is 0 Å². The number of ether oxygens (including phenoxy) is 2. The molecule has 6 atom stereocenters. The minimum absolute atomic E-state index is 0.0647. The number of allylic oxidation sites excluding steroid dienone is 2. The topological polar surface area (TPSA) is 55.8 Å². The van der Waals surface area contributed by atoms with Gasteiger partial charge in [-0.25, -0.2) is 4.39 Å². The first-order valence-electron chi connectivity index (χ1n) is 10.7. The molecule has 0 bridgehead atoms. The van der Waals surface area contributed by atoms with Crippen LogP contribution in [0.5, 0.6) is 0 Å². The van der Waals surface area contributed by atoms with Gasteiger partial charge in [0.15, 0.2) is 0 Å². The lowest BCUT2D eigenvalue weighted by Gasteiger charge is -2.29. The molecule has 0 spiro atoms. The maximum absolute atomic E-state index is 15.0. The summed E-state index contributed by atoms with van der Waals surface area (Å²) in [6.07, 6.45) is 11.0. The highest BCUT2D eigenvalue weighted by Gasteiger charge is 2.50. The number of carbonyl (C=O) groups excluding carboxylic acids is 1. The molecule has 1 saturated carbocycles. The van der Waals surface area contributed by atoms with Crippen LogP contribution in [0.1, 0.15) is 65.7 Å². The van der Waals surface area contributed by atoms with Crippen molar-refractivity contribution in [2.24, 2.45) is 17.3 Å². The number of hydrogen-bond donors (Lipinski definition) is 1. The predicted octanol–water partition coefficient (Wildman–Crippen LogP) is 4.76. The van der Waals surface area contributed by atoms with Crippen molar-refractivity contribution in [2.45, 2.75) is 90.2 Å². The lowest BCUT2D eigenvalue weighted by Crippen LogP contribution is -2.28. The molecule has 2 rings (SSSR count). The molecule has 160 valence electrons. The second-order valence-electron chi connectivity index (χ2n) is 8.87. The number of fused-ring (bicyclic) bond motifs is 1. The highest BCUT2D eigenvalue weighted by Crippen LogP contribution is 2.46. The Bertz CT molecular complexity index is 557. The van der Waals surface area contributed by atoms with E-state index < -0.39 is 18.4 Å². The van der Waals surface area contributed by atoms with Gasteiger partial charge in [0.2, 0.25) is 0 Å². The molecule has 4 nitrogen and oxygen atoms in total. The van der Waals surface area contributed by atoms with Crippen molar-refractivity contribution >= 4 is 5.97 Å². The summed E-state index contributed by atoms with van der Waals surface area (Å²) in [5.41, 5.74) is -0.170. The van der Waals surface area contributed by atoms with Crippen molar-refractivity contribution in [2.75, 3.05) is 7.11 Å². The number of alkyl halides is 1. The maximum Gasteiger partial charge on any atom is 0.305 e. The Kier molecular flexibility index (Phi) is 8.69. The summed E-state index contributed by atoms with van der Waals surface area (Å²) in [7, 11) is 1.36. The normalized spacial score (nSPS) is 31.6. The van der Waals surface area contributed by atoms with E-state index >= 15 is 4.39 Å². The molecule has 0 aromatic heterocycles. The quantitative estimate of drug-likeness (QED) is 0.427. The third-order valence-electron chi connectivity index (χ3n) is 6.31. The summed E-state index contributed by atoms with van der Waals surface area (Å²) in [5.74, 6) is -0.321. The number of halogens is 1. The van der Waals surface area contributed by atoms with Crippen molar-refractivity contribution in [1.82, 2.24) is 0 Å². The number of aliphatic hydroxyl groups excluding tert-OH is 1. The first-order chi connectivity index (χ1) is 13.3. The molecule has 0 radical (unpaired) electrons. The first-order valence-corrected chi connectivity index (χ1v) is 10.7. The number of methoxy groups -OCH3 is 1. The van der Waals surface area contributed by atoms with E-state index in [1.165, 1.54) is 7.11 Å². The van der Waals surface area contributed by atoms with Gasteiger partial charge in [-0.05, 0) is 37.0 Å². The Labute approximate surface area is 169 Å². The molecule has 1 aliphatic heterocycles. The van der Waals surface area contributed by atoms with Crippen molar-refractivity contribution in [3.8, 4) is 0 Å². The SMILES string of the molecule is CCCCC(C)(C)[C@H](O)C=C[C@H]1CC[C@H]2O[C@H](C=CCCC(=O)OC)[C@@H](F)[C@H]12. The van der Waals surface area contributed by atoms with Crippen LogP contribution in [0.15, 0.2) is 24.3 Å². The van der Waals surface area contributed by atoms with Crippen molar-refractivity contribution < 1.29 is 23.8 Å². The molecule has 1 aliphatic carbocycles. The minimum atomic E-state index is -1.05. The molecule has 0 aromatic carbocycles. The van der Waals surface area contributed by atoms with Crippen LogP contribution in [0, 0.1) is 17.3 Å². The molecule has 1 saturated heterocycles. The van der Waals surface area contributed by atoms with E-state index in [0.29, 0.717) is 12.8 Å². The smallest absolute Gasteiger partial charge is 0.305 e. The first kappa shape index (κ1) is 23.1. The summed E-state index contributed by atoms with van der Waals surface area (Å²) in [6.45, 7) is 6.32. The Morgan fingerprint density at radius 1 is 1.36 bits per heavy atom. The molecule has 28 heavy (non-hydrogen) atoms. The Hall–Kier alpha value is -1.20. The van der Waals surface area contributed by atoms with Crippen LogP contribution in [0.4, 0.5) is 4.39 Å². The zero-order valence-corrected chi connectivity index (χ0v) is 17.8. The van der Waals surface area contributed by atoms with E-state index in [0.717, 1.165) is 32.1 Å². The van der Waals surface area contributed by atoms with E-state index in [2.05, 4.69) is 25.5 Å².